The van der Waals surface area contributed by atoms with Crippen molar-refractivity contribution in [3.05, 3.63) is 70.7 Å². The maximum Gasteiger partial charge on any atom is 0.229 e. The van der Waals surface area contributed by atoms with Gasteiger partial charge in [-0.25, -0.2) is 4.98 Å². The van der Waals surface area contributed by atoms with Crippen molar-refractivity contribution in [2.45, 2.75) is 13.3 Å². The highest BCUT2D eigenvalue weighted by Crippen LogP contribution is 2.29. The monoisotopic (exact) mass is 324 g/mol. The highest BCUT2D eigenvalue weighted by Gasteiger charge is 2.11. The Labute approximate surface area is 138 Å². The molecule has 0 atom stereocenters. The second kappa shape index (κ2) is 7.07. The van der Waals surface area contributed by atoms with Gasteiger partial charge in [-0.1, -0.05) is 30.3 Å². The molecular formula is C18H16N2O2S. The molecule has 23 heavy (non-hydrogen) atoms. The van der Waals surface area contributed by atoms with Crippen molar-refractivity contribution in [2.24, 2.45) is 0 Å². The first-order valence-corrected chi connectivity index (χ1v) is 8.11. The second-order valence-electron chi connectivity index (χ2n) is 5.00. The number of amides is 1. The number of hydrogen-bond acceptors (Lipinski definition) is 4. The summed E-state index contributed by atoms with van der Waals surface area (Å²) >= 11 is 1.49. The second-order valence-corrected chi connectivity index (χ2v) is 5.94. The number of nitrogens with zero attached hydrogens (tertiary/aromatic N) is 1. The molecule has 2 aromatic carbocycles. The first-order valence-electron chi connectivity index (χ1n) is 7.23. The minimum Gasteiger partial charge on any atom is -0.455 e. The van der Waals surface area contributed by atoms with E-state index in [-0.39, 0.29) is 5.91 Å². The molecule has 4 nitrogen and oxygen atoms in total. The summed E-state index contributed by atoms with van der Waals surface area (Å²) in [5.74, 6) is 1.27. The Morgan fingerprint density at radius 2 is 1.87 bits per heavy atom. The van der Waals surface area contributed by atoms with Gasteiger partial charge in [-0.15, -0.1) is 11.3 Å². The maximum atomic E-state index is 12.2. The Morgan fingerprint density at radius 1 is 1.13 bits per heavy atom. The van der Waals surface area contributed by atoms with Crippen LogP contribution in [0.5, 0.6) is 11.5 Å². The van der Waals surface area contributed by atoms with Crippen molar-refractivity contribution in [1.82, 2.24) is 4.98 Å². The van der Waals surface area contributed by atoms with Crippen molar-refractivity contribution >= 4 is 22.9 Å². The fourth-order valence-electron chi connectivity index (χ4n) is 2.11. The molecule has 0 radical (unpaired) electrons. The number of anilines is 1. The lowest BCUT2D eigenvalue weighted by atomic mass is 10.2. The smallest absolute Gasteiger partial charge is 0.229 e. The third-order valence-corrected chi connectivity index (χ3v) is 4.23. The molecule has 1 N–H and O–H groups in total. The van der Waals surface area contributed by atoms with Crippen LogP contribution in [0.3, 0.4) is 0 Å². The van der Waals surface area contributed by atoms with Gasteiger partial charge in [0.15, 0.2) is 5.75 Å². The van der Waals surface area contributed by atoms with E-state index in [1.54, 1.807) is 5.51 Å². The number of aromatic nitrogens is 1. The van der Waals surface area contributed by atoms with Gasteiger partial charge in [0, 0.05) is 4.88 Å². The van der Waals surface area contributed by atoms with Crippen LogP contribution in [0.1, 0.15) is 10.6 Å². The van der Waals surface area contributed by atoms with Crippen LogP contribution in [0.4, 0.5) is 5.69 Å². The molecule has 116 valence electrons. The highest BCUT2D eigenvalue weighted by molar-refractivity contribution is 7.09. The van der Waals surface area contributed by atoms with E-state index in [9.17, 15) is 4.79 Å². The average molecular weight is 324 g/mol. The third-order valence-electron chi connectivity index (χ3n) is 3.30. The van der Waals surface area contributed by atoms with Crippen LogP contribution in [0, 0.1) is 6.92 Å². The van der Waals surface area contributed by atoms with Crippen LogP contribution in [0.2, 0.25) is 0 Å². The number of aryl methyl sites for hydroxylation is 1. The van der Waals surface area contributed by atoms with Crippen LogP contribution in [-0.2, 0) is 11.2 Å². The molecule has 0 bridgehead atoms. The molecule has 3 aromatic rings. The molecule has 0 saturated carbocycles. The van der Waals surface area contributed by atoms with E-state index in [0.717, 1.165) is 16.3 Å². The molecule has 0 aliphatic heterocycles. The molecule has 5 heteroatoms. The Bertz CT molecular complexity index is 800. The van der Waals surface area contributed by atoms with Gasteiger partial charge in [0.05, 0.1) is 23.3 Å². The molecule has 0 saturated heterocycles. The van der Waals surface area contributed by atoms with Crippen molar-refractivity contribution < 1.29 is 9.53 Å². The number of thiazole rings is 1. The van der Waals surface area contributed by atoms with Crippen molar-refractivity contribution in [3.63, 3.8) is 0 Å². The number of para-hydroxylation sites is 3. The normalized spacial score (nSPS) is 10.3. The first-order chi connectivity index (χ1) is 11.2. The molecule has 3 rings (SSSR count). The van der Waals surface area contributed by atoms with E-state index in [4.69, 9.17) is 4.74 Å². The number of benzene rings is 2. The number of nitrogens with one attached hydrogen (secondary N) is 1. The number of rotatable bonds is 5. The van der Waals surface area contributed by atoms with E-state index in [1.807, 2.05) is 61.5 Å². The predicted octanol–water partition coefficient (Wildman–Crippen LogP) is 4.43. The summed E-state index contributed by atoms with van der Waals surface area (Å²) in [5, 5.41) is 2.91. The number of carbonyl (C=O) groups excluding carboxylic acids is 1. The fourth-order valence-corrected chi connectivity index (χ4v) is 2.89. The number of carbonyl (C=O) groups is 1. The quantitative estimate of drug-likeness (QED) is 0.755. The number of ether oxygens (including phenoxy) is 1. The Balaban J connectivity index is 1.73. The maximum absolute atomic E-state index is 12.2. The summed E-state index contributed by atoms with van der Waals surface area (Å²) < 4.78 is 5.84. The Hall–Kier alpha value is -2.66. The predicted molar refractivity (Wildman–Crippen MR) is 92.1 cm³/mol. The summed E-state index contributed by atoms with van der Waals surface area (Å²) in [6, 6.07) is 16.9. The summed E-state index contributed by atoms with van der Waals surface area (Å²) in [6.07, 6.45) is 0.316. The largest absolute Gasteiger partial charge is 0.455 e. The average Bonchev–Trinajstić information content (AvgIpc) is 2.95. The van der Waals surface area contributed by atoms with Gasteiger partial charge in [0.2, 0.25) is 5.91 Å². The van der Waals surface area contributed by atoms with Crippen LogP contribution in [0.25, 0.3) is 0 Å². The SMILES string of the molecule is Cc1ncsc1CC(=O)Nc1ccccc1Oc1ccccc1. The Kier molecular flexibility index (Phi) is 4.68. The zero-order chi connectivity index (χ0) is 16.1. The topological polar surface area (TPSA) is 51.2 Å². The molecule has 0 aliphatic carbocycles. The van der Waals surface area contributed by atoms with Gasteiger partial charge in [0.25, 0.3) is 0 Å². The third kappa shape index (κ3) is 3.96. The van der Waals surface area contributed by atoms with Crippen LogP contribution >= 0.6 is 11.3 Å². The summed E-state index contributed by atoms with van der Waals surface area (Å²) in [6.45, 7) is 1.91. The minimum absolute atomic E-state index is 0.0820. The van der Waals surface area contributed by atoms with Crippen LogP contribution in [0.15, 0.2) is 60.1 Å². The van der Waals surface area contributed by atoms with Gasteiger partial charge in [-0.2, -0.15) is 0 Å². The first kappa shape index (κ1) is 15.2. The number of hydrogen-bond donors (Lipinski definition) is 1. The van der Waals surface area contributed by atoms with Gasteiger partial charge < -0.3 is 10.1 Å². The highest BCUT2D eigenvalue weighted by atomic mass is 32.1. The standard InChI is InChI=1S/C18H16N2O2S/c1-13-17(23-12-19-13)11-18(21)20-15-9-5-6-10-16(15)22-14-7-3-2-4-8-14/h2-10,12H,11H2,1H3,(H,20,21). The lowest BCUT2D eigenvalue weighted by molar-refractivity contribution is -0.115. The van der Waals surface area contributed by atoms with E-state index in [0.29, 0.717) is 17.9 Å². The zero-order valence-corrected chi connectivity index (χ0v) is 13.5. The fraction of sp³-hybridized carbons (Fsp3) is 0.111. The lowest BCUT2D eigenvalue weighted by Crippen LogP contribution is -2.14. The van der Waals surface area contributed by atoms with Crippen molar-refractivity contribution in [3.8, 4) is 11.5 Å². The summed E-state index contributed by atoms with van der Waals surface area (Å²) in [4.78, 5) is 17.4. The molecule has 0 aliphatic rings. The van der Waals surface area contributed by atoms with E-state index in [2.05, 4.69) is 10.3 Å². The Morgan fingerprint density at radius 3 is 2.61 bits per heavy atom. The van der Waals surface area contributed by atoms with E-state index >= 15 is 0 Å². The van der Waals surface area contributed by atoms with Gasteiger partial charge in [0.1, 0.15) is 5.75 Å². The summed E-state index contributed by atoms with van der Waals surface area (Å²) in [5.41, 5.74) is 3.31. The van der Waals surface area contributed by atoms with Gasteiger partial charge >= 0.3 is 0 Å². The molecule has 1 aromatic heterocycles. The van der Waals surface area contributed by atoms with Crippen molar-refractivity contribution in [1.29, 1.82) is 0 Å². The zero-order valence-electron chi connectivity index (χ0n) is 12.7. The molecule has 1 heterocycles. The van der Waals surface area contributed by atoms with Gasteiger partial charge in [-0.3, -0.25) is 4.79 Å². The van der Waals surface area contributed by atoms with E-state index < -0.39 is 0 Å². The van der Waals surface area contributed by atoms with E-state index in [1.165, 1.54) is 11.3 Å². The molecule has 0 unspecified atom stereocenters. The summed E-state index contributed by atoms with van der Waals surface area (Å²) in [7, 11) is 0. The van der Waals surface area contributed by atoms with Gasteiger partial charge in [-0.05, 0) is 31.2 Å². The molecule has 0 spiro atoms. The van der Waals surface area contributed by atoms with Crippen molar-refractivity contribution in [2.75, 3.05) is 5.32 Å². The van der Waals surface area contributed by atoms with Crippen LogP contribution in [-0.4, -0.2) is 10.9 Å². The lowest BCUT2D eigenvalue weighted by Gasteiger charge is -2.12. The molecule has 0 fully saturated rings. The minimum atomic E-state index is -0.0820. The molecule has 1 amide bonds. The van der Waals surface area contributed by atoms with Crippen LogP contribution < -0.4 is 10.1 Å². The molecular weight excluding hydrogens is 308 g/mol.